The first-order valence-corrected chi connectivity index (χ1v) is 5.29. The molecular weight excluding hydrogens is 190 g/mol. The van der Waals surface area contributed by atoms with Gasteiger partial charge in [0.1, 0.15) is 0 Å². The highest BCUT2D eigenvalue weighted by atomic mass is 35.5. The molecular formula is C9H12ClNS. The van der Waals surface area contributed by atoms with Gasteiger partial charge < -0.3 is 0 Å². The topological polar surface area (TPSA) is 12.0 Å². The second-order valence-electron chi connectivity index (χ2n) is 2.35. The Morgan fingerprint density at radius 3 is 2.83 bits per heavy atom. The van der Waals surface area contributed by atoms with Crippen molar-refractivity contribution in [2.45, 2.75) is 18.4 Å². The predicted molar refractivity (Wildman–Crippen MR) is 55.5 cm³/mol. The van der Waals surface area contributed by atoms with Gasteiger partial charge in [-0.25, -0.2) is 4.84 Å². The Kier molecular flexibility index (Phi) is 4.51. The van der Waals surface area contributed by atoms with Crippen molar-refractivity contribution in [1.82, 2.24) is 4.84 Å². The highest BCUT2D eigenvalue weighted by molar-refractivity contribution is 7.99. The molecule has 0 aliphatic carbocycles. The van der Waals surface area contributed by atoms with Crippen molar-refractivity contribution in [2.24, 2.45) is 0 Å². The van der Waals surface area contributed by atoms with Gasteiger partial charge in [0.25, 0.3) is 0 Å². The van der Waals surface area contributed by atoms with Crippen molar-refractivity contribution < 1.29 is 0 Å². The third-order valence-electron chi connectivity index (χ3n) is 1.53. The minimum atomic E-state index is 0.727. The lowest BCUT2D eigenvalue weighted by molar-refractivity contribution is 0.935. The highest BCUT2D eigenvalue weighted by Gasteiger charge is 1.99. The fourth-order valence-electron chi connectivity index (χ4n) is 1.02. The van der Waals surface area contributed by atoms with E-state index in [0.717, 1.165) is 12.3 Å². The fourth-order valence-corrected chi connectivity index (χ4v) is 1.97. The molecule has 0 atom stereocenters. The summed E-state index contributed by atoms with van der Waals surface area (Å²) in [7, 11) is 0. The zero-order chi connectivity index (χ0) is 8.81. The average molecular weight is 202 g/mol. The van der Waals surface area contributed by atoms with Crippen LogP contribution < -0.4 is 4.84 Å². The Hall–Kier alpha value is -0.180. The van der Waals surface area contributed by atoms with Crippen molar-refractivity contribution in [3.05, 3.63) is 29.8 Å². The minimum absolute atomic E-state index is 0.727. The van der Waals surface area contributed by atoms with Gasteiger partial charge in [0.15, 0.2) is 0 Å². The molecule has 0 bridgehead atoms. The third-order valence-corrected chi connectivity index (χ3v) is 2.66. The molecule has 3 heteroatoms. The zero-order valence-corrected chi connectivity index (χ0v) is 8.58. The molecule has 0 aliphatic rings. The summed E-state index contributed by atoms with van der Waals surface area (Å²) in [5, 5.41) is 0. The van der Waals surface area contributed by atoms with E-state index in [1.807, 2.05) is 17.8 Å². The van der Waals surface area contributed by atoms with Gasteiger partial charge in [-0.3, -0.25) is 0 Å². The molecule has 0 saturated heterocycles. The number of nitrogens with one attached hydrogen (secondary N) is 1. The van der Waals surface area contributed by atoms with Crippen LogP contribution in [0.5, 0.6) is 0 Å². The lowest BCUT2D eigenvalue weighted by Crippen LogP contribution is -1.99. The predicted octanol–water partition coefficient (Wildman–Crippen LogP) is 3.04. The van der Waals surface area contributed by atoms with Crippen molar-refractivity contribution >= 4 is 23.5 Å². The summed E-state index contributed by atoms with van der Waals surface area (Å²) in [5.41, 5.74) is 1.26. The van der Waals surface area contributed by atoms with Gasteiger partial charge in [0, 0.05) is 11.4 Å². The van der Waals surface area contributed by atoms with Gasteiger partial charge in [-0.15, -0.1) is 11.8 Å². The largest absolute Gasteiger partial charge is 0.229 e. The first kappa shape index (κ1) is 9.90. The molecule has 0 spiro atoms. The summed E-state index contributed by atoms with van der Waals surface area (Å²) >= 11 is 7.29. The maximum absolute atomic E-state index is 5.45. The lowest BCUT2D eigenvalue weighted by atomic mass is 10.2. The maximum atomic E-state index is 5.45. The van der Waals surface area contributed by atoms with Crippen LogP contribution in [0.4, 0.5) is 0 Å². The number of thioether (sulfide) groups is 1. The molecule has 0 unspecified atom stereocenters. The van der Waals surface area contributed by atoms with Gasteiger partial charge in [-0.2, -0.15) is 0 Å². The van der Waals surface area contributed by atoms with Crippen molar-refractivity contribution in [1.29, 1.82) is 0 Å². The number of hydrogen-bond acceptors (Lipinski definition) is 2. The zero-order valence-electron chi connectivity index (χ0n) is 7.01. The van der Waals surface area contributed by atoms with Gasteiger partial charge in [-0.05, 0) is 29.2 Å². The Labute approximate surface area is 82.6 Å². The summed E-state index contributed by atoms with van der Waals surface area (Å²) in [6.07, 6.45) is 0. The molecule has 0 aromatic heterocycles. The Bertz CT molecular complexity index is 215. The normalized spacial score (nSPS) is 10.2. The van der Waals surface area contributed by atoms with Gasteiger partial charge in [-0.1, -0.05) is 25.1 Å². The third kappa shape index (κ3) is 2.70. The summed E-state index contributed by atoms with van der Waals surface area (Å²) in [4.78, 5) is 3.95. The Morgan fingerprint density at radius 2 is 2.17 bits per heavy atom. The van der Waals surface area contributed by atoms with Crippen molar-refractivity contribution in [3.63, 3.8) is 0 Å². The molecule has 12 heavy (non-hydrogen) atoms. The van der Waals surface area contributed by atoms with Gasteiger partial charge in [0.2, 0.25) is 0 Å². The van der Waals surface area contributed by atoms with Crippen LogP contribution in [-0.4, -0.2) is 5.75 Å². The van der Waals surface area contributed by atoms with Crippen LogP contribution in [0, 0.1) is 0 Å². The Balaban J connectivity index is 2.77. The summed E-state index contributed by atoms with van der Waals surface area (Å²) in [6, 6.07) is 8.30. The molecule has 0 fully saturated rings. The molecule has 0 aliphatic heterocycles. The van der Waals surface area contributed by atoms with Gasteiger partial charge >= 0.3 is 0 Å². The van der Waals surface area contributed by atoms with E-state index in [0.29, 0.717) is 0 Å². The van der Waals surface area contributed by atoms with Crippen LogP contribution in [0.25, 0.3) is 0 Å². The van der Waals surface area contributed by atoms with Crippen LogP contribution in [-0.2, 0) is 6.54 Å². The van der Waals surface area contributed by atoms with E-state index in [1.54, 1.807) is 0 Å². The lowest BCUT2D eigenvalue weighted by Gasteiger charge is -2.05. The van der Waals surface area contributed by atoms with E-state index in [1.165, 1.54) is 10.5 Å². The van der Waals surface area contributed by atoms with E-state index in [2.05, 4.69) is 30.0 Å². The van der Waals surface area contributed by atoms with Crippen LogP contribution in [0.2, 0.25) is 0 Å². The summed E-state index contributed by atoms with van der Waals surface area (Å²) in [5.74, 6) is 1.10. The first-order chi connectivity index (χ1) is 5.88. The summed E-state index contributed by atoms with van der Waals surface area (Å²) < 4.78 is 0. The molecule has 0 saturated carbocycles. The van der Waals surface area contributed by atoms with Gasteiger partial charge in [0.05, 0.1) is 0 Å². The van der Waals surface area contributed by atoms with E-state index in [4.69, 9.17) is 11.8 Å². The SMILES string of the molecule is CCSc1ccccc1CNCl. The monoisotopic (exact) mass is 201 g/mol. The van der Waals surface area contributed by atoms with Crippen LogP contribution in [0.1, 0.15) is 12.5 Å². The van der Waals surface area contributed by atoms with E-state index < -0.39 is 0 Å². The summed E-state index contributed by atoms with van der Waals surface area (Å²) in [6.45, 7) is 2.88. The Morgan fingerprint density at radius 1 is 1.42 bits per heavy atom. The second-order valence-corrected chi connectivity index (χ2v) is 3.92. The van der Waals surface area contributed by atoms with E-state index >= 15 is 0 Å². The molecule has 1 nitrogen and oxygen atoms in total. The molecule has 0 amide bonds. The molecule has 1 rings (SSSR count). The standard InChI is InChI=1S/C9H12ClNS/c1-2-12-9-6-4-3-5-8(9)7-11-10/h3-6,11H,2,7H2,1H3. The van der Waals surface area contributed by atoms with Crippen molar-refractivity contribution in [3.8, 4) is 0 Å². The average Bonchev–Trinajstić information content (AvgIpc) is 2.09. The van der Waals surface area contributed by atoms with E-state index in [9.17, 15) is 0 Å². The number of halogens is 1. The molecule has 1 aromatic rings. The molecule has 1 N–H and O–H groups in total. The molecule has 66 valence electrons. The maximum Gasteiger partial charge on any atom is 0.0370 e. The number of hydrogen-bond donors (Lipinski definition) is 1. The van der Waals surface area contributed by atoms with Crippen molar-refractivity contribution in [2.75, 3.05) is 5.75 Å². The van der Waals surface area contributed by atoms with Crippen LogP contribution >= 0.6 is 23.5 Å². The molecule has 0 heterocycles. The molecule has 1 aromatic carbocycles. The van der Waals surface area contributed by atoms with E-state index in [-0.39, 0.29) is 0 Å². The fraction of sp³-hybridized carbons (Fsp3) is 0.333. The number of rotatable bonds is 4. The minimum Gasteiger partial charge on any atom is -0.229 e. The quantitative estimate of drug-likeness (QED) is 0.594. The first-order valence-electron chi connectivity index (χ1n) is 3.92. The number of benzene rings is 1. The van der Waals surface area contributed by atoms with Crippen LogP contribution in [0.15, 0.2) is 29.2 Å². The highest BCUT2D eigenvalue weighted by Crippen LogP contribution is 2.21. The van der Waals surface area contributed by atoms with Crippen LogP contribution in [0.3, 0.4) is 0 Å². The smallest absolute Gasteiger partial charge is 0.0370 e. The molecule has 0 radical (unpaired) electrons. The second kappa shape index (κ2) is 5.46.